The van der Waals surface area contributed by atoms with E-state index in [1.807, 2.05) is 6.26 Å². The zero-order valence-electron chi connectivity index (χ0n) is 10.1. The molecule has 100 valence electrons. The number of methoxy groups -OCH3 is 1. The van der Waals surface area contributed by atoms with E-state index in [4.69, 9.17) is 5.73 Å². The number of hydrogen-bond donors (Lipinski definition) is 1. The Labute approximate surface area is 122 Å². The van der Waals surface area contributed by atoms with Crippen LogP contribution in [0.25, 0.3) is 0 Å². The highest BCUT2D eigenvalue weighted by Gasteiger charge is 2.16. The first-order valence-corrected chi connectivity index (χ1v) is 7.89. The summed E-state index contributed by atoms with van der Waals surface area (Å²) in [5, 5.41) is 8.52. The number of thioether (sulfide) groups is 1. The fourth-order valence-corrected chi connectivity index (χ4v) is 3.61. The van der Waals surface area contributed by atoms with E-state index in [-0.39, 0.29) is 0 Å². The Balaban J connectivity index is 2.27. The maximum absolute atomic E-state index is 11.5. The number of ether oxygens (including phenoxy) is 1. The highest BCUT2D eigenvalue weighted by molar-refractivity contribution is 8.03. The molecule has 0 amide bonds. The van der Waals surface area contributed by atoms with Crippen LogP contribution >= 0.6 is 34.9 Å². The van der Waals surface area contributed by atoms with Crippen molar-refractivity contribution >= 4 is 46.5 Å². The van der Waals surface area contributed by atoms with Crippen LogP contribution in [0.4, 0.5) is 5.69 Å². The second-order valence-corrected chi connectivity index (χ2v) is 6.48. The minimum Gasteiger partial charge on any atom is -0.465 e. The summed E-state index contributed by atoms with van der Waals surface area (Å²) in [5.74, 6) is -0.483. The Bertz CT molecular complexity index is 602. The summed E-state index contributed by atoms with van der Waals surface area (Å²) in [4.78, 5) is 15.7. The van der Waals surface area contributed by atoms with E-state index in [0.29, 0.717) is 16.3 Å². The van der Waals surface area contributed by atoms with E-state index < -0.39 is 5.97 Å². The maximum Gasteiger partial charge on any atom is 0.340 e. The molecule has 0 bridgehead atoms. The third-order valence-electron chi connectivity index (χ3n) is 2.11. The van der Waals surface area contributed by atoms with Gasteiger partial charge >= 0.3 is 5.97 Å². The molecule has 0 aliphatic rings. The first kappa shape index (κ1) is 14.1. The van der Waals surface area contributed by atoms with Gasteiger partial charge in [0.2, 0.25) is 0 Å². The lowest BCUT2D eigenvalue weighted by Gasteiger charge is -2.06. The van der Waals surface area contributed by atoms with Crippen molar-refractivity contribution in [3.63, 3.8) is 0 Å². The lowest BCUT2D eigenvalue weighted by Crippen LogP contribution is -2.07. The number of anilines is 1. The molecule has 0 spiro atoms. The fourth-order valence-electron chi connectivity index (χ4n) is 1.23. The quantitative estimate of drug-likeness (QED) is 0.678. The molecule has 0 atom stereocenters. The molecular weight excluding hydrogens is 304 g/mol. The monoisotopic (exact) mass is 314 g/mol. The van der Waals surface area contributed by atoms with Gasteiger partial charge in [0, 0.05) is 6.20 Å². The number of aromatic nitrogens is 3. The summed E-state index contributed by atoms with van der Waals surface area (Å²) in [6.07, 6.45) is 3.45. The van der Waals surface area contributed by atoms with Crippen LogP contribution in [0, 0.1) is 0 Å². The lowest BCUT2D eigenvalue weighted by atomic mass is 10.2. The zero-order valence-corrected chi connectivity index (χ0v) is 12.6. The minimum absolute atomic E-state index is 0.292. The largest absolute Gasteiger partial charge is 0.465 e. The average Bonchev–Trinajstić information content (AvgIpc) is 2.88. The number of nitrogen functional groups attached to an aromatic ring is 1. The number of pyridine rings is 1. The van der Waals surface area contributed by atoms with Crippen molar-refractivity contribution in [1.29, 1.82) is 0 Å². The molecule has 2 heterocycles. The predicted molar refractivity (Wildman–Crippen MR) is 75.8 cm³/mol. The molecule has 0 saturated carbocycles. The molecule has 2 N–H and O–H groups in total. The number of carbonyl (C=O) groups is 1. The van der Waals surface area contributed by atoms with Gasteiger partial charge in [0.15, 0.2) is 8.68 Å². The second-order valence-electron chi connectivity index (χ2n) is 3.21. The number of esters is 1. The summed E-state index contributed by atoms with van der Waals surface area (Å²) in [7, 11) is 1.31. The Kier molecular flexibility index (Phi) is 4.61. The third-order valence-corrected chi connectivity index (χ3v) is 5.07. The maximum atomic E-state index is 11.5. The van der Waals surface area contributed by atoms with Gasteiger partial charge in [0.1, 0.15) is 5.03 Å². The third kappa shape index (κ3) is 3.17. The first-order valence-electron chi connectivity index (χ1n) is 5.04. The molecule has 2 aromatic rings. The molecule has 0 unspecified atom stereocenters. The van der Waals surface area contributed by atoms with Gasteiger partial charge in [-0.2, -0.15) is 0 Å². The molecule has 0 aromatic carbocycles. The Morgan fingerprint density at radius 3 is 2.79 bits per heavy atom. The van der Waals surface area contributed by atoms with E-state index in [1.165, 1.54) is 54.2 Å². The van der Waals surface area contributed by atoms with E-state index in [9.17, 15) is 4.79 Å². The molecular formula is C10H10N4O2S3. The van der Waals surface area contributed by atoms with E-state index >= 15 is 0 Å². The molecule has 0 aliphatic carbocycles. The van der Waals surface area contributed by atoms with Gasteiger partial charge in [-0.25, -0.2) is 9.78 Å². The van der Waals surface area contributed by atoms with Gasteiger partial charge in [-0.3, -0.25) is 0 Å². The lowest BCUT2D eigenvalue weighted by molar-refractivity contribution is 0.0601. The SMILES string of the molecule is COC(=O)c1ccnc(Sc2nnc(SC)s2)c1N. The van der Waals surface area contributed by atoms with Crippen molar-refractivity contribution in [1.82, 2.24) is 15.2 Å². The average molecular weight is 314 g/mol. The summed E-state index contributed by atoms with van der Waals surface area (Å²) >= 11 is 4.25. The normalized spacial score (nSPS) is 10.4. The summed E-state index contributed by atoms with van der Waals surface area (Å²) in [5.41, 5.74) is 6.51. The first-order chi connectivity index (χ1) is 9.15. The van der Waals surface area contributed by atoms with Crippen molar-refractivity contribution < 1.29 is 9.53 Å². The number of hydrogen-bond acceptors (Lipinski definition) is 9. The van der Waals surface area contributed by atoms with Crippen molar-refractivity contribution in [2.45, 2.75) is 13.7 Å². The van der Waals surface area contributed by atoms with Crippen molar-refractivity contribution in [2.24, 2.45) is 0 Å². The number of rotatable bonds is 4. The van der Waals surface area contributed by atoms with Gasteiger partial charge in [-0.05, 0) is 24.1 Å². The van der Waals surface area contributed by atoms with Crippen LogP contribution in [-0.4, -0.2) is 34.5 Å². The van der Waals surface area contributed by atoms with Gasteiger partial charge in [0.05, 0.1) is 18.4 Å². The van der Waals surface area contributed by atoms with Crippen LogP contribution in [0.5, 0.6) is 0 Å². The summed E-state index contributed by atoms with van der Waals surface area (Å²) in [6.45, 7) is 0. The summed E-state index contributed by atoms with van der Waals surface area (Å²) in [6, 6.07) is 1.53. The smallest absolute Gasteiger partial charge is 0.340 e. The molecule has 9 heteroatoms. The Morgan fingerprint density at radius 1 is 1.42 bits per heavy atom. The number of nitrogens with two attached hydrogens (primary N) is 1. The van der Waals surface area contributed by atoms with Gasteiger partial charge in [-0.15, -0.1) is 10.2 Å². The Morgan fingerprint density at radius 2 is 2.16 bits per heavy atom. The predicted octanol–water partition coefficient (Wildman–Crippen LogP) is 2.18. The fraction of sp³-hybridized carbons (Fsp3) is 0.200. The molecule has 2 rings (SSSR count). The molecule has 0 aliphatic heterocycles. The van der Waals surface area contributed by atoms with E-state index in [1.54, 1.807) is 0 Å². The van der Waals surface area contributed by atoms with E-state index in [0.717, 1.165) is 8.68 Å². The molecule has 19 heavy (non-hydrogen) atoms. The minimum atomic E-state index is -0.483. The molecule has 0 radical (unpaired) electrons. The van der Waals surface area contributed by atoms with Crippen LogP contribution in [-0.2, 0) is 4.74 Å². The molecule has 2 aromatic heterocycles. The summed E-state index contributed by atoms with van der Waals surface area (Å²) < 4.78 is 6.25. The number of carbonyl (C=O) groups excluding carboxylic acids is 1. The molecule has 0 saturated heterocycles. The van der Waals surface area contributed by atoms with Crippen LogP contribution in [0.15, 0.2) is 26.0 Å². The molecule has 0 fully saturated rings. The molecule has 6 nitrogen and oxygen atoms in total. The van der Waals surface area contributed by atoms with Crippen LogP contribution in [0.1, 0.15) is 10.4 Å². The van der Waals surface area contributed by atoms with Crippen molar-refractivity contribution in [3.05, 3.63) is 17.8 Å². The highest BCUT2D eigenvalue weighted by Crippen LogP contribution is 2.35. The van der Waals surface area contributed by atoms with Crippen molar-refractivity contribution in [2.75, 3.05) is 19.1 Å². The zero-order chi connectivity index (χ0) is 13.8. The van der Waals surface area contributed by atoms with E-state index in [2.05, 4.69) is 19.9 Å². The Hall–Kier alpha value is -1.32. The van der Waals surface area contributed by atoms with Gasteiger partial charge in [0.25, 0.3) is 0 Å². The standard InChI is InChI=1S/C10H10N4O2S3/c1-16-8(15)5-3-4-12-7(6(5)11)18-10-14-13-9(17-2)19-10/h3-4H,11H2,1-2H3. The van der Waals surface area contributed by atoms with Gasteiger partial charge in [-0.1, -0.05) is 23.1 Å². The second kappa shape index (κ2) is 6.22. The van der Waals surface area contributed by atoms with Gasteiger partial charge < -0.3 is 10.5 Å². The van der Waals surface area contributed by atoms with Crippen LogP contribution in [0.3, 0.4) is 0 Å². The number of nitrogens with zero attached hydrogens (tertiary/aromatic N) is 3. The van der Waals surface area contributed by atoms with Crippen LogP contribution < -0.4 is 5.73 Å². The topological polar surface area (TPSA) is 91.0 Å². The van der Waals surface area contributed by atoms with Crippen molar-refractivity contribution in [3.8, 4) is 0 Å². The highest BCUT2D eigenvalue weighted by atomic mass is 32.2. The van der Waals surface area contributed by atoms with Crippen LogP contribution in [0.2, 0.25) is 0 Å².